The van der Waals surface area contributed by atoms with E-state index in [1.54, 1.807) is 12.1 Å². The zero-order valence-corrected chi connectivity index (χ0v) is 15.2. The Labute approximate surface area is 155 Å². The van der Waals surface area contributed by atoms with Gasteiger partial charge in [0.1, 0.15) is 10.7 Å². The summed E-state index contributed by atoms with van der Waals surface area (Å²) in [5.74, 6) is -0.983. The van der Waals surface area contributed by atoms with Crippen molar-refractivity contribution in [2.75, 3.05) is 0 Å². The first-order valence-electron chi connectivity index (χ1n) is 7.27. The molecule has 25 heavy (non-hydrogen) atoms. The molecule has 0 aliphatic heterocycles. The van der Waals surface area contributed by atoms with Crippen LogP contribution < -0.4 is 5.14 Å². The van der Waals surface area contributed by atoms with Gasteiger partial charge < -0.3 is 0 Å². The zero-order valence-electron chi connectivity index (χ0n) is 12.8. The molecule has 3 nitrogen and oxygen atoms in total. The maximum absolute atomic E-state index is 14.0. The van der Waals surface area contributed by atoms with Crippen LogP contribution in [0.1, 0.15) is 17.0 Å². The van der Waals surface area contributed by atoms with Gasteiger partial charge in [-0.2, -0.15) is 0 Å². The van der Waals surface area contributed by atoms with Gasteiger partial charge in [-0.1, -0.05) is 54.2 Å². The molecule has 3 rings (SSSR count). The topological polar surface area (TPSA) is 60.2 Å². The van der Waals surface area contributed by atoms with Crippen LogP contribution in [0.4, 0.5) is 4.39 Å². The Hall–Kier alpha value is -1.86. The molecule has 128 valence electrons. The third-order valence-corrected chi connectivity index (χ3v) is 5.40. The summed E-state index contributed by atoms with van der Waals surface area (Å²) >= 11 is 11.5. The van der Waals surface area contributed by atoms with Crippen LogP contribution in [-0.2, 0) is 10.0 Å². The van der Waals surface area contributed by atoms with Gasteiger partial charge in [0.05, 0.1) is 0 Å². The van der Waals surface area contributed by atoms with E-state index >= 15 is 0 Å². The molecule has 0 saturated carbocycles. The Morgan fingerprint density at radius 3 is 2.52 bits per heavy atom. The minimum absolute atomic E-state index is 0.0917. The number of benzene rings is 2. The molecule has 0 saturated heterocycles. The normalized spacial score (nSPS) is 17.5. The van der Waals surface area contributed by atoms with Gasteiger partial charge in [-0.05, 0) is 47.0 Å². The first-order valence-corrected chi connectivity index (χ1v) is 9.61. The van der Waals surface area contributed by atoms with Gasteiger partial charge in [-0.25, -0.2) is 17.9 Å². The fourth-order valence-corrected chi connectivity index (χ4v) is 3.78. The molecule has 1 aliphatic carbocycles. The van der Waals surface area contributed by atoms with Crippen molar-refractivity contribution >= 4 is 44.3 Å². The van der Waals surface area contributed by atoms with E-state index in [4.69, 9.17) is 29.0 Å². The number of allylic oxidation sites excluding steroid dienone is 4. The van der Waals surface area contributed by atoms with E-state index < -0.39 is 20.7 Å². The molecule has 0 spiro atoms. The Morgan fingerprint density at radius 2 is 1.92 bits per heavy atom. The Balaban J connectivity index is 1.92. The van der Waals surface area contributed by atoms with Gasteiger partial charge in [0, 0.05) is 15.8 Å². The maximum Gasteiger partial charge on any atom is 0.240 e. The summed E-state index contributed by atoms with van der Waals surface area (Å²) in [6.45, 7) is 0. The minimum Gasteiger partial charge on any atom is -0.225 e. The number of nitrogens with two attached hydrogens (primary N) is 1. The van der Waals surface area contributed by atoms with Gasteiger partial charge in [0.25, 0.3) is 0 Å². The molecule has 0 bridgehead atoms. The average Bonchev–Trinajstić information content (AvgIpc) is 2.53. The van der Waals surface area contributed by atoms with Crippen molar-refractivity contribution in [2.24, 2.45) is 5.14 Å². The van der Waals surface area contributed by atoms with Crippen LogP contribution in [0.15, 0.2) is 65.6 Å². The van der Waals surface area contributed by atoms with Crippen molar-refractivity contribution in [3.63, 3.8) is 0 Å². The Kier molecular flexibility index (Phi) is 4.88. The molecule has 0 radical (unpaired) electrons. The van der Waals surface area contributed by atoms with Gasteiger partial charge in [0.2, 0.25) is 10.0 Å². The number of hydrogen-bond donors (Lipinski definition) is 1. The molecule has 0 fully saturated rings. The maximum atomic E-state index is 14.0. The largest absolute Gasteiger partial charge is 0.240 e. The molecule has 7 heteroatoms. The predicted octanol–water partition coefficient (Wildman–Crippen LogP) is 4.23. The lowest BCUT2D eigenvalue weighted by Gasteiger charge is -2.18. The molecule has 2 N–H and O–H groups in total. The van der Waals surface area contributed by atoms with Crippen LogP contribution in [-0.4, -0.2) is 13.3 Å². The summed E-state index contributed by atoms with van der Waals surface area (Å²) < 4.78 is 36.6. The second-order valence-electron chi connectivity index (χ2n) is 5.58. The third-order valence-electron chi connectivity index (χ3n) is 3.85. The molecule has 1 aliphatic rings. The fourth-order valence-electron chi connectivity index (χ4n) is 2.65. The van der Waals surface area contributed by atoms with Gasteiger partial charge in [-0.3, -0.25) is 0 Å². The SMILES string of the molecule is NS(=O)(=O)c1ccc(C2=CC(=S)C(c3cccc(Cl)c3)C=C2)cc1F. The molecule has 0 aromatic heterocycles. The summed E-state index contributed by atoms with van der Waals surface area (Å²) in [6.07, 6.45) is 5.51. The minimum atomic E-state index is -4.09. The number of thiocarbonyl (C=S) groups is 1. The number of rotatable bonds is 3. The highest BCUT2D eigenvalue weighted by Crippen LogP contribution is 2.31. The molecule has 2 aromatic rings. The highest BCUT2D eigenvalue weighted by molar-refractivity contribution is 7.89. The Bertz CT molecular complexity index is 1030. The van der Waals surface area contributed by atoms with Crippen LogP contribution in [0.2, 0.25) is 5.02 Å². The van der Waals surface area contributed by atoms with E-state index in [0.717, 1.165) is 17.7 Å². The predicted molar refractivity (Wildman–Crippen MR) is 102 cm³/mol. The molecule has 1 atom stereocenters. The van der Waals surface area contributed by atoms with Gasteiger partial charge in [-0.15, -0.1) is 0 Å². The fraction of sp³-hybridized carbons (Fsp3) is 0.0556. The second kappa shape index (κ2) is 6.80. The lowest BCUT2D eigenvalue weighted by atomic mass is 9.88. The first kappa shape index (κ1) is 17.9. The quantitative estimate of drug-likeness (QED) is 0.793. The second-order valence-corrected chi connectivity index (χ2v) is 8.02. The smallest absolute Gasteiger partial charge is 0.225 e. The average molecular weight is 394 g/mol. The Morgan fingerprint density at radius 1 is 1.16 bits per heavy atom. The lowest BCUT2D eigenvalue weighted by molar-refractivity contribution is 0.568. The number of sulfonamides is 1. The molecule has 0 heterocycles. The standard InChI is InChI=1S/C18H13ClFNO2S2/c19-14-3-1-2-13(8-14)15-6-4-12(10-17(15)24)11-5-7-18(16(20)9-11)25(21,22)23/h1-10,15H,(H2,21,22,23). The summed E-state index contributed by atoms with van der Waals surface area (Å²) in [4.78, 5) is 0.131. The van der Waals surface area contributed by atoms with Crippen molar-refractivity contribution in [3.8, 4) is 0 Å². The van der Waals surface area contributed by atoms with E-state index in [1.165, 1.54) is 6.07 Å². The number of hydrogen-bond acceptors (Lipinski definition) is 3. The van der Waals surface area contributed by atoms with Crippen LogP contribution >= 0.6 is 23.8 Å². The van der Waals surface area contributed by atoms with E-state index in [2.05, 4.69) is 0 Å². The highest BCUT2D eigenvalue weighted by Gasteiger charge is 2.19. The molecule has 0 amide bonds. The van der Waals surface area contributed by atoms with Crippen molar-refractivity contribution in [2.45, 2.75) is 10.8 Å². The van der Waals surface area contributed by atoms with Crippen molar-refractivity contribution in [3.05, 3.63) is 82.7 Å². The van der Waals surface area contributed by atoms with Crippen LogP contribution in [0.5, 0.6) is 0 Å². The van der Waals surface area contributed by atoms with Crippen LogP contribution in [0.3, 0.4) is 0 Å². The van der Waals surface area contributed by atoms with Crippen molar-refractivity contribution in [1.29, 1.82) is 0 Å². The number of halogens is 2. The van der Waals surface area contributed by atoms with E-state index in [1.807, 2.05) is 30.4 Å². The lowest BCUT2D eigenvalue weighted by Crippen LogP contribution is -2.14. The summed E-state index contributed by atoms with van der Waals surface area (Å²) in [7, 11) is -4.09. The van der Waals surface area contributed by atoms with Crippen LogP contribution in [0, 0.1) is 5.82 Å². The van der Waals surface area contributed by atoms with E-state index in [-0.39, 0.29) is 5.92 Å². The number of primary sulfonamides is 1. The van der Waals surface area contributed by atoms with Gasteiger partial charge >= 0.3 is 0 Å². The molecule has 2 aromatic carbocycles. The summed E-state index contributed by atoms with van der Waals surface area (Å²) in [5.41, 5.74) is 2.19. The summed E-state index contributed by atoms with van der Waals surface area (Å²) in [5, 5.41) is 5.60. The third kappa shape index (κ3) is 3.88. The van der Waals surface area contributed by atoms with E-state index in [0.29, 0.717) is 21.0 Å². The summed E-state index contributed by atoms with van der Waals surface area (Å²) in [6, 6.07) is 11.2. The first-order chi connectivity index (χ1) is 11.8. The van der Waals surface area contributed by atoms with Gasteiger partial charge in [0.15, 0.2) is 0 Å². The van der Waals surface area contributed by atoms with Crippen molar-refractivity contribution in [1.82, 2.24) is 0 Å². The zero-order chi connectivity index (χ0) is 18.2. The monoisotopic (exact) mass is 393 g/mol. The molecular formula is C18H13ClFNO2S2. The van der Waals surface area contributed by atoms with Crippen LogP contribution in [0.25, 0.3) is 5.57 Å². The highest BCUT2D eigenvalue weighted by atomic mass is 35.5. The molecule has 1 unspecified atom stereocenters. The molecular weight excluding hydrogens is 381 g/mol. The van der Waals surface area contributed by atoms with Crippen molar-refractivity contribution < 1.29 is 12.8 Å². The van der Waals surface area contributed by atoms with E-state index in [9.17, 15) is 12.8 Å².